The van der Waals surface area contributed by atoms with E-state index in [4.69, 9.17) is 0 Å². The molecule has 4 nitrogen and oxygen atoms in total. The largest absolute Gasteiger partial charge is 0.299 e. The van der Waals surface area contributed by atoms with E-state index in [9.17, 15) is 19.2 Å². The number of carbonyl (C=O) groups excluding carboxylic acids is 4. The minimum Gasteiger partial charge on any atom is -0.299 e. The predicted octanol–water partition coefficient (Wildman–Crippen LogP) is 13.3. The lowest BCUT2D eigenvalue weighted by Crippen LogP contribution is -2.27. The van der Waals surface area contributed by atoms with Crippen molar-refractivity contribution in [1.29, 1.82) is 0 Å². The topological polar surface area (TPSA) is 68.3 Å². The maximum Gasteiger partial charge on any atom is 0.234 e. The fraction of sp³-hybridized carbons (Fsp3) is 0.0968. The summed E-state index contributed by atoms with van der Waals surface area (Å²) in [6.45, 7) is 0. The van der Waals surface area contributed by atoms with Gasteiger partial charge in [0.15, 0.2) is 5.78 Å². The Bertz CT molecular complexity index is 3060. The third kappa shape index (κ3) is 9.69. The number of carbonyl (C=O) groups is 4. The summed E-state index contributed by atoms with van der Waals surface area (Å²) in [7, 11) is 0. The second kappa shape index (κ2) is 22.0. The van der Waals surface area contributed by atoms with Gasteiger partial charge >= 0.3 is 0 Å². The zero-order chi connectivity index (χ0) is 42.4. The lowest BCUT2D eigenvalue weighted by Gasteiger charge is -2.16. The molecule has 9 aromatic rings. The maximum atomic E-state index is 14.0. The zero-order valence-electron chi connectivity index (χ0n) is 33.8. The number of fused-ring (bicyclic) bond motifs is 9. The molecule has 0 heterocycles. The molecule has 0 N–H and O–H groups in total. The molecular weight excluding hydrogens is 809 g/mol. The molecular formula is C62H56O4. The van der Waals surface area contributed by atoms with Crippen LogP contribution in [0.1, 0.15) is 72.7 Å². The second-order valence-electron chi connectivity index (χ2n) is 15.3. The lowest BCUT2D eigenvalue weighted by molar-refractivity contribution is -0.117. The smallest absolute Gasteiger partial charge is 0.234 e. The minimum absolute atomic E-state index is 0. The van der Waals surface area contributed by atoms with Crippen LogP contribution < -0.4 is 10.4 Å². The molecule has 0 saturated heterocycles. The van der Waals surface area contributed by atoms with Gasteiger partial charge in [-0.2, -0.15) is 0 Å². The van der Waals surface area contributed by atoms with E-state index in [1.165, 1.54) is 10.8 Å². The highest BCUT2D eigenvalue weighted by Crippen LogP contribution is 2.33. The molecule has 4 heteroatoms. The molecule has 0 aromatic heterocycles. The molecule has 66 heavy (non-hydrogen) atoms. The SMILES string of the molecule is C.C.C.C.O=C(Cc1ccccc1)Cc1ccccc1.O=C1C(=O)c2ccccc2-c2ccccc21.O=C1C(c2ccccc2)=c2c(c3ccccc3c3ccccc23)=C1c1ccccc1. The Kier molecular flexibility index (Phi) is 16.3. The van der Waals surface area contributed by atoms with Crippen LogP contribution in [0.25, 0.3) is 43.8 Å². The van der Waals surface area contributed by atoms with E-state index in [0.717, 1.165) is 65.7 Å². The molecule has 0 bridgehead atoms. The van der Waals surface area contributed by atoms with Gasteiger partial charge in [0.1, 0.15) is 5.78 Å². The van der Waals surface area contributed by atoms with Crippen molar-refractivity contribution in [2.45, 2.75) is 42.5 Å². The first-order valence-corrected chi connectivity index (χ1v) is 20.7. The van der Waals surface area contributed by atoms with E-state index in [1.807, 2.05) is 146 Å². The Morgan fingerprint density at radius 2 is 0.561 bits per heavy atom. The Labute approximate surface area is 389 Å². The highest BCUT2D eigenvalue weighted by Gasteiger charge is 2.30. The number of rotatable bonds is 6. The third-order valence-electron chi connectivity index (χ3n) is 11.3. The summed E-state index contributed by atoms with van der Waals surface area (Å²) in [4.78, 5) is 49.4. The molecule has 9 aromatic carbocycles. The van der Waals surface area contributed by atoms with Crippen molar-refractivity contribution in [2.24, 2.45) is 0 Å². The molecule has 0 unspecified atom stereocenters. The first-order chi connectivity index (χ1) is 30.5. The van der Waals surface area contributed by atoms with E-state index in [2.05, 4.69) is 48.5 Å². The Balaban J connectivity index is 0.000000195. The first kappa shape index (κ1) is 48.9. The summed E-state index contributed by atoms with van der Waals surface area (Å²) < 4.78 is 0. The minimum atomic E-state index is -0.408. The highest BCUT2D eigenvalue weighted by molar-refractivity contribution is 6.53. The van der Waals surface area contributed by atoms with E-state index in [1.54, 1.807) is 24.3 Å². The standard InChI is InChI=1S/C29H18O.C15H14O.C14H8O2.4CH4/c30-29-25(19-11-3-1-4-12-19)27-23-17-9-7-15-21(23)22-16-8-10-18-24(22)28(27)26(29)20-13-5-2-6-14-20;16-15(11-13-7-3-1-4-8-13)12-14-9-5-2-6-10-14;15-13-11-7-3-1-5-9(11)10-6-2-4-8-12(10)14(13)16;;;;/h1-18H;1-10H,11-12H2;1-8H;4*1H4. The fourth-order valence-corrected chi connectivity index (χ4v) is 8.56. The number of hydrogen-bond donors (Lipinski definition) is 0. The van der Waals surface area contributed by atoms with Crippen LogP contribution in [0.15, 0.2) is 218 Å². The van der Waals surface area contributed by atoms with Crippen LogP contribution in [0.5, 0.6) is 0 Å². The van der Waals surface area contributed by atoms with Gasteiger partial charge in [-0.3, -0.25) is 19.2 Å². The van der Waals surface area contributed by atoms with Crippen LogP contribution in [-0.4, -0.2) is 23.1 Å². The lowest BCUT2D eigenvalue weighted by atomic mass is 9.84. The monoisotopic (exact) mass is 864 g/mol. The third-order valence-corrected chi connectivity index (χ3v) is 11.3. The van der Waals surface area contributed by atoms with Gasteiger partial charge in [0.25, 0.3) is 0 Å². The molecule has 0 atom stereocenters. The van der Waals surface area contributed by atoms with Crippen LogP contribution in [0.2, 0.25) is 0 Å². The van der Waals surface area contributed by atoms with Crippen LogP contribution >= 0.6 is 0 Å². The van der Waals surface area contributed by atoms with Crippen molar-refractivity contribution >= 4 is 55.8 Å². The van der Waals surface area contributed by atoms with E-state index in [-0.39, 0.29) is 41.3 Å². The Hall–Kier alpha value is -8.08. The van der Waals surface area contributed by atoms with Gasteiger partial charge in [0.05, 0.1) is 0 Å². The molecule has 328 valence electrons. The summed E-state index contributed by atoms with van der Waals surface area (Å²) in [6.07, 6.45) is 1.05. The van der Waals surface area contributed by atoms with Gasteiger partial charge in [-0.15, -0.1) is 0 Å². The number of benzene rings is 9. The summed E-state index contributed by atoms with van der Waals surface area (Å²) in [5.74, 6) is -0.454. The van der Waals surface area contributed by atoms with Crippen molar-refractivity contribution in [3.05, 3.63) is 262 Å². The van der Waals surface area contributed by atoms with Crippen LogP contribution in [-0.2, 0) is 22.4 Å². The van der Waals surface area contributed by atoms with E-state index >= 15 is 0 Å². The average molecular weight is 865 g/mol. The van der Waals surface area contributed by atoms with Crippen molar-refractivity contribution in [3.8, 4) is 11.1 Å². The Morgan fingerprint density at radius 3 is 0.909 bits per heavy atom. The average Bonchev–Trinajstić information content (AvgIpc) is 3.65. The number of Topliss-reactive ketones (excluding diaryl/α,β-unsaturated/α-hetero) is 4. The molecule has 2 aliphatic carbocycles. The fourth-order valence-electron chi connectivity index (χ4n) is 8.56. The normalized spacial score (nSPS) is 11.7. The summed E-state index contributed by atoms with van der Waals surface area (Å²) >= 11 is 0. The Morgan fingerprint density at radius 1 is 0.288 bits per heavy atom. The molecule has 0 saturated carbocycles. The van der Waals surface area contributed by atoms with Gasteiger partial charge < -0.3 is 0 Å². The van der Waals surface area contributed by atoms with Crippen molar-refractivity contribution in [1.82, 2.24) is 0 Å². The second-order valence-corrected chi connectivity index (χ2v) is 15.3. The molecule has 0 radical (unpaired) electrons. The molecule has 0 spiro atoms. The van der Waals surface area contributed by atoms with Crippen LogP contribution in [0.3, 0.4) is 0 Å². The van der Waals surface area contributed by atoms with Crippen molar-refractivity contribution < 1.29 is 19.2 Å². The van der Waals surface area contributed by atoms with E-state index in [0.29, 0.717) is 24.0 Å². The van der Waals surface area contributed by atoms with Crippen LogP contribution in [0, 0.1) is 0 Å². The molecule has 2 aliphatic rings. The maximum absolute atomic E-state index is 14.0. The first-order valence-electron chi connectivity index (χ1n) is 20.7. The predicted molar refractivity (Wildman–Crippen MR) is 276 cm³/mol. The number of hydrogen-bond acceptors (Lipinski definition) is 4. The van der Waals surface area contributed by atoms with Gasteiger partial charge in [-0.25, -0.2) is 0 Å². The molecule has 0 amide bonds. The summed E-state index contributed by atoms with van der Waals surface area (Å²) in [6, 6.07) is 71.2. The summed E-state index contributed by atoms with van der Waals surface area (Å²) in [5.41, 5.74) is 8.41. The molecule has 0 aliphatic heterocycles. The van der Waals surface area contributed by atoms with Crippen LogP contribution in [0.4, 0.5) is 0 Å². The van der Waals surface area contributed by atoms with Gasteiger partial charge in [-0.1, -0.05) is 248 Å². The van der Waals surface area contributed by atoms with Gasteiger partial charge in [0, 0.05) is 45.6 Å². The summed E-state index contributed by atoms with van der Waals surface area (Å²) in [5, 5.41) is 6.73. The zero-order valence-corrected chi connectivity index (χ0v) is 33.8. The quantitative estimate of drug-likeness (QED) is 0.123. The van der Waals surface area contributed by atoms with Gasteiger partial charge in [-0.05, 0) is 54.9 Å². The van der Waals surface area contributed by atoms with Crippen molar-refractivity contribution in [3.63, 3.8) is 0 Å². The highest BCUT2D eigenvalue weighted by atomic mass is 16.2. The van der Waals surface area contributed by atoms with Crippen molar-refractivity contribution in [2.75, 3.05) is 0 Å². The number of ketones is 4. The molecule has 11 rings (SSSR count). The van der Waals surface area contributed by atoms with Gasteiger partial charge in [0.2, 0.25) is 11.6 Å². The molecule has 0 fully saturated rings. The van der Waals surface area contributed by atoms with E-state index < -0.39 is 11.6 Å².